The van der Waals surface area contributed by atoms with Crippen LogP contribution in [0.5, 0.6) is 0 Å². The van der Waals surface area contributed by atoms with Crippen molar-refractivity contribution in [1.82, 2.24) is 20.2 Å². The Hall–Kier alpha value is -2.18. The van der Waals surface area contributed by atoms with Crippen LogP contribution in [0.2, 0.25) is 0 Å². The van der Waals surface area contributed by atoms with Crippen molar-refractivity contribution in [3.05, 3.63) is 18.2 Å². The number of hydrogen-bond donors (Lipinski definition) is 2. The Balaban J connectivity index is 2.00. The number of H-pyrrole nitrogens is 1. The fourth-order valence-corrected chi connectivity index (χ4v) is 3.94. The molecule has 2 amide bonds. The van der Waals surface area contributed by atoms with Gasteiger partial charge >= 0.3 is 0 Å². The van der Waals surface area contributed by atoms with Gasteiger partial charge in [0, 0.05) is 43.9 Å². The predicted molar refractivity (Wildman–Crippen MR) is 108 cm³/mol. The molecule has 0 aliphatic carbocycles. The molecule has 28 heavy (non-hydrogen) atoms. The van der Waals surface area contributed by atoms with Crippen molar-refractivity contribution >= 4 is 17.6 Å². The number of rotatable bonds is 7. The average molecular weight is 391 g/mol. The number of nitrogens with one attached hydrogen (secondary N) is 2. The number of Topliss-reactive ketones (excluding diaryl/α,β-unsaturated/α-hetero) is 1. The highest BCUT2D eigenvalue weighted by Crippen LogP contribution is 2.32. The predicted octanol–water partition coefficient (Wildman–Crippen LogP) is 2.58. The van der Waals surface area contributed by atoms with Crippen LogP contribution < -0.4 is 5.32 Å². The molecule has 7 nitrogen and oxygen atoms in total. The molecule has 2 heterocycles. The molecule has 7 heteroatoms. The van der Waals surface area contributed by atoms with Crippen LogP contribution in [0.15, 0.2) is 12.5 Å². The number of amides is 2. The smallest absolute Gasteiger partial charge is 0.234 e. The molecule has 1 saturated heterocycles. The summed E-state index contributed by atoms with van der Waals surface area (Å²) in [4.78, 5) is 45.5. The first-order valence-electron chi connectivity index (χ1n) is 10.1. The van der Waals surface area contributed by atoms with Crippen LogP contribution in [-0.4, -0.2) is 51.6 Å². The minimum Gasteiger partial charge on any atom is -0.353 e. The number of aromatic amines is 1. The lowest BCUT2D eigenvalue weighted by Crippen LogP contribution is -2.46. The lowest BCUT2D eigenvalue weighted by atomic mass is 9.84. The molecule has 1 aromatic heterocycles. The molecule has 0 saturated carbocycles. The van der Waals surface area contributed by atoms with Gasteiger partial charge in [0.05, 0.1) is 11.7 Å². The fourth-order valence-electron chi connectivity index (χ4n) is 3.94. The summed E-state index contributed by atoms with van der Waals surface area (Å²) < 4.78 is 0. The maximum atomic E-state index is 13.3. The largest absolute Gasteiger partial charge is 0.353 e. The quantitative estimate of drug-likeness (QED) is 0.748. The number of ketones is 1. The SMILES string of the molecule is CC(=O)CCCC(=O)NC1CCN(C(=O)C(C)(C)c2cnc[nH]2)CC(C)(C)C1. The third-order valence-corrected chi connectivity index (χ3v) is 5.46. The van der Waals surface area contributed by atoms with E-state index >= 15 is 0 Å². The van der Waals surface area contributed by atoms with Crippen molar-refractivity contribution in [2.24, 2.45) is 5.41 Å². The lowest BCUT2D eigenvalue weighted by Gasteiger charge is -2.34. The third kappa shape index (κ3) is 5.91. The molecule has 0 bridgehead atoms. The monoisotopic (exact) mass is 390 g/mol. The molecule has 0 spiro atoms. The van der Waals surface area contributed by atoms with Gasteiger partial charge < -0.3 is 20.0 Å². The highest BCUT2D eigenvalue weighted by Gasteiger charge is 2.39. The second-order valence-electron chi connectivity index (χ2n) is 9.29. The molecule has 0 radical (unpaired) electrons. The van der Waals surface area contributed by atoms with E-state index in [9.17, 15) is 14.4 Å². The standard InChI is InChI=1S/C21H34N4O3/c1-15(26)7-6-8-18(27)24-16-9-10-25(13-20(2,3)11-16)19(28)21(4,5)17-12-22-14-23-17/h12,14,16H,6-11,13H2,1-5H3,(H,22,23)(H,24,27). The van der Waals surface area contributed by atoms with E-state index in [1.54, 1.807) is 19.4 Å². The summed E-state index contributed by atoms with van der Waals surface area (Å²) in [6.45, 7) is 10.9. The molecule has 1 aliphatic rings. The highest BCUT2D eigenvalue weighted by atomic mass is 16.2. The van der Waals surface area contributed by atoms with E-state index in [-0.39, 0.29) is 29.1 Å². The summed E-state index contributed by atoms with van der Waals surface area (Å²) in [7, 11) is 0. The van der Waals surface area contributed by atoms with Crippen LogP contribution in [-0.2, 0) is 19.8 Å². The number of carbonyl (C=O) groups is 3. The van der Waals surface area contributed by atoms with E-state index in [0.717, 1.165) is 18.5 Å². The first-order valence-corrected chi connectivity index (χ1v) is 10.1. The van der Waals surface area contributed by atoms with Crippen molar-refractivity contribution in [3.63, 3.8) is 0 Å². The molecule has 1 atom stereocenters. The van der Waals surface area contributed by atoms with E-state index in [1.165, 1.54) is 0 Å². The molecule has 2 rings (SSSR count). The molecular formula is C21H34N4O3. The van der Waals surface area contributed by atoms with Gasteiger partial charge in [0.25, 0.3) is 0 Å². The number of nitrogens with zero attached hydrogens (tertiary/aromatic N) is 2. The molecule has 1 aromatic rings. The minimum absolute atomic E-state index is 0.0142. The molecule has 0 aromatic carbocycles. The zero-order chi connectivity index (χ0) is 20.9. The summed E-state index contributed by atoms with van der Waals surface area (Å²) in [5.74, 6) is 0.162. The van der Waals surface area contributed by atoms with Crippen LogP contribution >= 0.6 is 0 Å². The maximum absolute atomic E-state index is 13.3. The van der Waals surface area contributed by atoms with Crippen molar-refractivity contribution in [2.45, 2.75) is 78.2 Å². The molecule has 1 unspecified atom stereocenters. The van der Waals surface area contributed by atoms with E-state index in [1.807, 2.05) is 18.7 Å². The molecule has 1 fully saturated rings. The van der Waals surface area contributed by atoms with E-state index in [0.29, 0.717) is 32.4 Å². The van der Waals surface area contributed by atoms with Gasteiger partial charge in [-0.05, 0) is 45.4 Å². The summed E-state index contributed by atoms with van der Waals surface area (Å²) in [5, 5.41) is 3.11. The number of hydrogen-bond acceptors (Lipinski definition) is 4. The van der Waals surface area contributed by atoms with E-state index in [2.05, 4.69) is 29.1 Å². The Morgan fingerprint density at radius 2 is 2.04 bits per heavy atom. The zero-order valence-electron chi connectivity index (χ0n) is 17.8. The second-order valence-corrected chi connectivity index (χ2v) is 9.29. The van der Waals surface area contributed by atoms with Crippen LogP contribution in [0.3, 0.4) is 0 Å². The van der Waals surface area contributed by atoms with E-state index in [4.69, 9.17) is 0 Å². The number of carbonyl (C=O) groups excluding carboxylic acids is 3. The summed E-state index contributed by atoms with van der Waals surface area (Å²) in [6.07, 6.45) is 6.23. The van der Waals surface area contributed by atoms with Gasteiger partial charge in [-0.25, -0.2) is 4.98 Å². The van der Waals surface area contributed by atoms with Crippen molar-refractivity contribution < 1.29 is 14.4 Å². The van der Waals surface area contributed by atoms with Crippen molar-refractivity contribution in [3.8, 4) is 0 Å². The van der Waals surface area contributed by atoms with Crippen molar-refractivity contribution in [1.29, 1.82) is 0 Å². The topological polar surface area (TPSA) is 95.2 Å². The second kappa shape index (κ2) is 8.88. The third-order valence-electron chi connectivity index (χ3n) is 5.46. The van der Waals surface area contributed by atoms with E-state index < -0.39 is 5.41 Å². The van der Waals surface area contributed by atoms with Gasteiger partial charge in [-0.1, -0.05) is 13.8 Å². The van der Waals surface area contributed by atoms with Crippen LogP contribution in [0.4, 0.5) is 0 Å². The van der Waals surface area contributed by atoms with Gasteiger partial charge in [-0.15, -0.1) is 0 Å². The zero-order valence-corrected chi connectivity index (χ0v) is 17.8. The first kappa shape index (κ1) is 22.1. The van der Waals surface area contributed by atoms with Gasteiger partial charge in [-0.3, -0.25) is 9.59 Å². The van der Waals surface area contributed by atoms with Crippen LogP contribution in [0, 0.1) is 5.41 Å². The highest BCUT2D eigenvalue weighted by molar-refractivity contribution is 5.87. The first-order chi connectivity index (χ1) is 13.0. The molecular weight excluding hydrogens is 356 g/mol. The summed E-state index contributed by atoms with van der Waals surface area (Å²) >= 11 is 0. The minimum atomic E-state index is -0.678. The number of aromatic nitrogens is 2. The average Bonchev–Trinajstić information content (AvgIpc) is 3.07. The Bertz CT molecular complexity index is 695. The van der Waals surface area contributed by atoms with Crippen LogP contribution in [0.25, 0.3) is 0 Å². The van der Waals surface area contributed by atoms with Gasteiger partial charge in [0.15, 0.2) is 0 Å². The Morgan fingerprint density at radius 3 is 2.64 bits per heavy atom. The normalized spacial score (nSPS) is 19.8. The molecule has 156 valence electrons. The molecule has 1 aliphatic heterocycles. The summed E-state index contributed by atoms with van der Waals surface area (Å²) in [5.41, 5.74) is 0.0190. The maximum Gasteiger partial charge on any atom is 0.234 e. The fraction of sp³-hybridized carbons (Fsp3) is 0.714. The van der Waals surface area contributed by atoms with Gasteiger partial charge in [0.2, 0.25) is 11.8 Å². The van der Waals surface area contributed by atoms with Crippen LogP contribution in [0.1, 0.15) is 72.4 Å². The van der Waals surface area contributed by atoms with Gasteiger partial charge in [-0.2, -0.15) is 0 Å². The lowest BCUT2D eigenvalue weighted by molar-refractivity contribution is -0.137. The summed E-state index contributed by atoms with van der Waals surface area (Å²) in [6, 6.07) is 0.0351. The van der Waals surface area contributed by atoms with Gasteiger partial charge in [0.1, 0.15) is 5.78 Å². The Morgan fingerprint density at radius 1 is 1.32 bits per heavy atom. The van der Waals surface area contributed by atoms with Crippen molar-refractivity contribution in [2.75, 3.05) is 13.1 Å². The number of likely N-dealkylation sites (tertiary alicyclic amines) is 1. The Labute approximate surface area is 167 Å². The molecule has 2 N–H and O–H groups in total. The number of imidazole rings is 1. The Kier molecular flexibility index (Phi) is 7.01.